The van der Waals surface area contributed by atoms with Crippen LogP contribution in [0.2, 0.25) is 5.02 Å². The number of carbonyl (C=O) groups excluding carboxylic acids is 1. The fourth-order valence-corrected chi connectivity index (χ4v) is 2.47. The normalized spacial score (nSPS) is 11.3. The van der Waals surface area contributed by atoms with Gasteiger partial charge in [0, 0.05) is 11.8 Å². The van der Waals surface area contributed by atoms with Crippen LogP contribution in [0, 0.1) is 0 Å². The highest BCUT2D eigenvalue weighted by Gasteiger charge is 2.21. The topological polar surface area (TPSA) is 42.0 Å². The smallest absolute Gasteiger partial charge is 0.257 e. The van der Waals surface area contributed by atoms with E-state index in [4.69, 9.17) is 11.6 Å². The Bertz CT molecular complexity index is 693. The van der Waals surface area contributed by atoms with E-state index in [1.54, 1.807) is 12.1 Å². The van der Waals surface area contributed by atoms with E-state index in [-0.39, 0.29) is 11.3 Å². The van der Waals surface area contributed by atoms with Crippen LogP contribution in [-0.2, 0) is 11.8 Å². The highest BCUT2D eigenvalue weighted by molar-refractivity contribution is 6.30. The van der Waals surface area contributed by atoms with Crippen LogP contribution in [0.15, 0.2) is 36.5 Å². The van der Waals surface area contributed by atoms with Crippen LogP contribution in [0.3, 0.4) is 0 Å². The molecule has 4 heteroatoms. The molecule has 1 N–H and O–H groups in total. The molecule has 0 radical (unpaired) electrons. The Kier molecular flexibility index (Phi) is 5.42. The first kappa shape index (κ1) is 17.5. The first-order chi connectivity index (χ1) is 10.9. The molecule has 0 atom stereocenters. The summed E-state index contributed by atoms with van der Waals surface area (Å²) in [5, 5.41) is 3.39. The first-order valence-corrected chi connectivity index (χ1v) is 8.31. The van der Waals surface area contributed by atoms with E-state index < -0.39 is 0 Å². The molecule has 122 valence electrons. The Balaban J connectivity index is 2.34. The maximum atomic E-state index is 12.7. The summed E-state index contributed by atoms with van der Waals surface area (Å²) in [6.45, 7) is 8.59. The van der Waals surface area contributed by atoms with Gasteiger partial charge in [0.25, 0.3) is 5.91 Å². The number of halogens is 1. The van der Waals surface area contributed by atoms with Gasteiger partial charge < -0.3 is 5.32 Å². The molecule has 0 spiro atoms. The predicted octanol–water partition coefficient (Wildman–Crippen LogP) is 5.24. The second-order valence-corrected chi connectivity index (χ2v) is 6.72. The second kappa shape index (κ2) is 7.14. The fraction of sp³-hybridized carbons (Fsp3) is 0.368. The minimum absolute atomic E-state index is 0.0415. The van der Waals surface area contributed by atoms with Crippen LogP contribution >= 0.6 is 11.6 Å². The zero-order chi connectivity index (χ0) is 17.0. The molecule has 2 rings (SSSR count). The van der Waals surface area contributed by atoms with Crippen molar-refractivity contribution in [3.8, 4) is 0 Å². The monoisotopic (exact) mass is 330 g/mol. The van der Waals surface area contributed by atoms with Crippen molar-refractivity contribution >= 4 is 23.3 Å². The summed E-state index contributed by atoms with van der Waals surface area (Å²) in [6, 6.07) is 9.59. The van der Waals surface area contributed by atoms with Crippen molar-refractivity contribution < 1.29 is 4.79 Å². The van der Waals surface area contributed by atoms with Gasteiger partial charge in [-0.3, -0.25) is 4.79 Å². The van der Waals surface area contributed by atoms with Crippen LogP contribution in [0.1, 0.15) is 55.6 Å². The number of benzene rings is 1. The number of hydrogen-bond acceptors (Lipinski definition) is 2. The lowest BCUT2D eigenvalue weighted by Gasteiger charge is -2.24. The van der Waals surface area contributed by atoms with Crippen LogP contribution in [0.5, 0.6) is 0 Å². The lowest BCUT2D eigenvalue weighted by atomic mass is 9.81. The molecule has 0 aliphatic rings. The number of rotatable bonds is 5. The molecule has 1 amide bonds. The van der Waals surface area contributed by atoms with Gasteiger partial charge in [-0.1, -0.05) is 51.4 Å². The van der Waals surface area contributed by atoms with E-state index in [0.717, 1.165) is 18.4 Å². The predicted molar refractivity (Wildman–Crippen MR) is 96.3 cm³/mol. The van der Waals surface area contributed by atoms with E-state index in [0.29, 0.717) is 16.4 Å². The molecule has 1 heterocycles. The van der Waals surface area contributed by atoms with Gasteiger partial charge in [0.15, 0.2) is 0 Å². The molecule has 0 fully saturated rings. The van der Waals surface area contributed by atoms with Crippen LogP contribution < -0.4 is 5.32 Å². The number of carbonyl (C=O) groups is 1. The van der Waals surface area contributed by atoms with Gasteiger partial charge in [0.05, 0.1) is 5.02 Å². The van der Waals surface area contributed by atoms with Gasteiger partial charge in [-0.2, -0.15) is 0 Å². The van der Waals surface area contributed by atoms with Crippen molar-refractivity contribution in [3.63, 3.8) is 0 Å². The molecule has 23 heavy (non-hydrogen) atoms. The van der Waals surface area contributed by atoms with Crippen molar-refractivity contribution in [1.29, 1.82) is 0 Å². The Morgan fingerprint density at radius 2 is 1.96 bits per heavy atom. The summed E-state index contributed by atoms with van der Waals surface area (Å²) in [7, 11) is 0. The molecule has 0 aliphatic carbocycles. The van der Waals surface area contributed by atoms with Crippen molar-refractivity contribution in [2.45, 2.75) is 46.0 Å². The van der Waals surface area contributed by atoms with Gasteiger partial charge >= 0.3 is 0 Å². The number of aromatic nitrogens is 1. The number of aryl methyl sites for hydroxylation is 1. The van der Waals surface area contributed by atoms with Crippen molar-refractivity contribution in [2.24, 2.45) is 0 Å². The van der Waals surface area contributed by atoms with Gasteiger partial charge in [-0.05, 0) is 47.6 Å². The third kappa shape index (κ3) is 4.11. The summed E-state index contributed by atoms with van der Waals surface area (Å²) in [4.78, 5) is 16.8. The number of nitrogens with one attached hydrogen (secondary N) is 1. The summed E-state index contributed by atoms with van der Waals surface area (Å²) in [6.07, 6.45) is 3.34. The molecule has 1 aromatic heterocycles. The summed E-state index contributed by atoms with van der Waals surface area (Å²) in [5.41, 5.74) is 2.96. The molecule has 0 unspecified atom stereocenters. The largest absolute Gasteiger partial charge is 0.307 e. The lowest BCUT2D eigenvalue weighted by Crippen LogP contribution is -2.19. The number of hydrogen-bond donors (Lipinski definition) is 1. The van der Waals surface area contributed by atoms with E-state index >= 15 is 0 Å². The highest BCUT2D eigenvalue weighted by atomic mass is 35.5. The maximum absolute atomic E-state index is 12.7. The molecule has 3 nitrogen and oxygen atoms in total. The molecule has 0 saturated carbocycles. The Morgan fingerprint density at radius 3 is 2.52 bits per heavy atom. The molecule has 0 bridgehead atoms. The zero-order valence-electron chi connectivity index (χ0n) is 14.1. The van der Waals surface area contributed by atoms with Gasteiger partial charge in [-0.25, -0.2) is 4.98 Å². The van der Waals surface area contributed by atoms with Gasteiger partial charge in [0.1, 0.15) is 5.82 Å². The van der Waals surface area contributed by atoms with Crippen molar-refractivity contribution in [3.05, 3.63) is 58.2 Å². The van der Waals surface area contributed by atoms with Crippen LogP contribution in [-0.4, -0.2) is 10.9 Å². The molecule has 0 aliphatic heterocycles. The Labute approximate surface area is 143 Å². The molecular weight excluding hydrogens is 308 g/mol. The van der Waals surface area contributed by atoms with E-state index in [2.05, 4.69) is 50.1 Å². The fourth-order valence-electron chi connectivity index (χ4n) is 2.35. The molecule has 1 aromatic carbocycles. The Morgan fingerprint density at radius 1 is 1.22 bits per heavy atom. The minimum Gasteiger partial charge on any atom is -0.307 e. The average Bonchev–Trinajstić information content (AvgIpc) is 2.56. The highest BCUT2D eigenvalue weighted by Crippen LogP contribution is 2.29. The van der Waals surface area contributed by atoms with Crippen LogP contribution in [0.25, 0.3) is 0 Å². The number of nitrogens with zero attached hydrogens (tertiary/aromatic N) is 1. The van der Waals surface area contributed by atoms with E-state index in [1.165, 1.54) is 11.8 Å². The first-order valence-electron chi connectivity index (χ1n) is 7.93. The summed E-state index contributed by atoms with van der Waals surface area (Å²) in [5.74, 6) is 0.368. The van der Waals surface area contributed by atoms with Crippen molar-refractivity contribution in [1.82, 2.24) is 4.98 Å². The van der Waals surface area contributed by atoms with E-state index in [9.17, 15) is 4.79 Å². The average molecular weight is 331 g/mol. The number of anilines is 1. The van der Waals surface area contributed by atoms with Crippen molar-refractivity contribution in [2.75, 3.05) is 5.32 Å². The number of amides is 1. The van der Waals surface area contributed by atoms with Gasteiger partial charge in [0.2, 0.25) is 0 Å². The quantitative estimate of drug-likeness (QED) is 0.814. The lowest BCUT2D eigenvalue weighted by molar-refractivity contribution is 0.102. The Hall–Kier alpha value is -1.87. The van der Waals surface area contributed by atoms with E-state index in [1.807, 2.05) is 6.07 Å². The third-order valence-electron chi connectivity index (χ3n) is 4.37. The maximum Gasteiger partial charge on any atom is 0.257 e. The molecule has 2 aromatic rings. The third-order valence-corrected chi connectivity index (χ3v) is 4.59. The SMILES string of the molecule is CCc1ccc(C(C)(C)CC)cc1C(=O)Nc1ccc(Cl)cn1. The standard InChI is InChI=1S/C19H23ClN2O/c1-5-13-7-8-14(19(3,4)6-2)11-16(13)18(23)22-17-10-9-15(20)12-21-17/h7-12H,5-6H2,1-4H3,(H,21,22,23). The molecular formula is C19H23ClN2O. The van der Waals surface area contributed by atoms with Crippen LogP contribution in [0.4, 0.5) is 5.82 Å². The second-order valence-electron chi connectivity index (χ2n) is 6.28. The molecule has 0 saturated heterocycles. The zero-order valence-corrected chi connectivity index (χ0v) is 14.9. The van der Waals surface area contributed by atoms with Gasteiger partial charge in [-0.15, -0.1) is 0 Å². The summed E-state index contributed by atoms with van der Waals surface area (Å²) < 4.78 is 0. The summed E-state index contributed by atoms with van der Waals surface area (Å²) >= 11 is 5.82. The minimum atomic E-state index is -0.134. The number of pyridine rings is 1.